The van der Waals surface area contributed by atoms with Crippen molar-refractivity contribution in [1.29, 1.82) is 0 Å². The number of anilines is 2. The van der Waals surface area contributed by atoms with E-state index in [1.54, 1.807) is 49.6 Å². The highest BCUT2D eigenvalue weighted by molar-refractivity contribution is 7.80. The third-order valence-electron chi connectivity index (χ3n) is 3.58. The number of rotatable bonds is 5. The number of alkyl carbamates (subject to hydrolysis) is 2. The topological polar surface area (TPSA) is 119 Å². The van der Waals surface area contributed by atoms with Gasteiger partial charge in [0.2, 0.25) is 0 Å². The first-order chi connectivity index (χ1) is 14.8. The van der Waals surface area contributed by atoms with Gasteiger partial charge in [0.15, 0.2) is 10.2 Å². The van der Waals surface area contributed by atoms with Crippen LogP contribution in [0.1, 0.15) is 0 Å². The summed E-state index contributed by atoms with van der Waals surface area (Å²) in [5, 5.41) is 10.3. The fourth-order valence-corrected chi connectivity index (χ4v) is 2.56. The molecule has 164 valence electrons. The van der Waals surface area contributed by atoms with Gasteiger partial charge >= 0.3 is 12.2 Å². The number of hydrogen-bond donors (Lipinski definition) is 4. The van der Waals surface area contributed by atoms with E-state index in [-0.39, 0.29) is 10.2 Å². The van der Waals surface area contributed by atoms with E-state index in [2.05, 4.69) is 30.7 Å². The summed E-state index contributed by atoms with van der Waals surface area (Å²) < 4.78 is 20.0. The smallest absolute Gasteiger partial charge is 0.413 e. The minimum atomic E-state index is -0.736. The van der Waals surface area contributed by atoms with Crippen LogP contribution in [0.5, 0.6) is 17.2 Å². The summed E-state index contributed by atoms with van der Waals surface area (Å²) in [6.45, 7) is 0. The second-order valence-corrected chi connectivity index (χ2v) is 6.44. The molecule has 0 aliphatic heterocycles. The summed E-state index contributed by atoms with van der Waals surface area (Å²) in [4.78, 5) is 22.7. The van der Waals surface area contributed by atoms with Crippen LogP contribution in [0.2, 0.25) is 0 Å². The standard InChI is InChI=1S/C19H20N4O6S2/c1-26-11-4-6-12(7-5-11)29-13-8-9-14(20-16(30)22-18(24)27-2)15(10-13)21-17(31)23-19(25)28-3/h4-10H,1-3H3,(H2,20,22,24,30)(H2,21,23,25,31). The first kappa shape index (κ1) is 23.6. The predicted molar refractivity (Wildman–Crippen MR) is 123 cm³/mol. The average molecular weight is 465 g/mol. The van der Waals surface area contributed by atoms with Crippen LogP contribution in [0.4, 0.5) is 21.0 Å². The predicted octanol–water partition coefficient (Wildman–Crippen LogP) is 3.59. The Balaban J connectivity index is 2.24. The van der Waals surface area contributed by atoms with Gasteiger partial charge in [-0.3, -0.25) is 10.6 Å². The summed E-state index contributed by atoms with van der Waals surface area (Å²) in [7, 11) is 4.00. The SMILES string of the molecule is COC(=O)NC(=S)Nc1ccc(Oc2ccc(OC)cc2)cc1NC(=S)NC(=O)OC. The van der Waals surface area contributed by atoms with Crippen LogP contribution in [-0.2, 0) is 9.47 Å². The molecule has 0 bridgehead atoms. The molecular weight excluding hydrogens is 444 g/mol. The molecule has 0 heterocycles. The van der Waals surface area contributed by atoms with Gasteiger partial charge in [-0.2, -0.15) is 0 Å². The summed E-state index contributed by atoms with van der Waals surface area (Å²) in [6, 6.07) is 12.0. The van der Waals surface area contributed by atoms with Crippen molar-refractivity contribution < 1.29 is 28.5 Å². The molecular formula is C19H20N4O6S2. The lowest BCUT2D eigenvalue weighted by Crippen LogP contribution is -2.35. The molecule has 0 aliphatic rings. The quantitative estimate of drug-likeness (QED) is 0.489. The molecule has 0 saturated heterocycles. The normalized spacial score (nSPS) is 9.65. The largest absolute Gasteiger partial charge is 0.497 e. The van der Waals surface area contributed by atoms with Crippen LogP contribution in [-0.4, -0.2) is 43.7 Å². The molecule has 0 radical (unpaired) electrons. The van der Waals surface area contributed by atoms with Gasteiger partial charge in [-0.05, 0) is 60.8 Å². The number of ether oxygens (including phenoxy) is 4. The lowest BCUT2D eigenvalue weighted by Gasteiger charge is -2.17. The lowest BCUT2D eigenvalue weighted by molar-refractivity contribution is 0.176. The maximum Gasteiger partial charge on any atom is 0.413 e. The minimum Gasteiger partial charge on any atom is -0.497 e. The van der Waals surface area contributed by atoms with Crippen LogP contribution < -0.4 is 30.7 Å². The highest BCUT2D eigenvalue weighted by atomic mass is 32.1. The Bertz CT molecular complexity index is 968. The Morgan fingerprint density at radius 3 is 1.71 bits per heavy atom. The van der Waals surface area contributed by atoms with E-state index in [9.17, 15) is 9.59 Å². The minimum absolute atomic E-state index is 0.00873. The number of thiocarbonyl (C=S) groups is 2. The Morgan fingerprint density at radius 2 is 1.19 bits per heavy atom. The van der Waals surface area contributed by atoms with Gasteiger partial charge in [-0.25, -0.2) is 9.59 Å². The van der Waals surface area contributed by atoms with Crippen LogP contribution >= 0.6 is 24.4 Å². The van der Waals surface area contributed by atoms with Crippen LogP contribution in [0.15, 0.2) is 42.5 Å². The van der Waals surface area contributed by atoms with E-state index in [1.807, 2.05) is 0 Å². The molecule has 10 nitrogen and oxygen atoms in total. The van der Waals surface area contributed by atoms with Gasteiger partial charge in [0.25, 0.3) is 0 Å². The van der Waals surface area contributed by atoms with Crippen molar-refractivity contribution in [3.8, 4) is 17.2 Å². The fraction of sp³-hybridized carbons (Fsp3) is 0.158. The van der Waals surface area contributed by atoms with Crippen LogP contribution in [0.3, 0.4) is 0 Å². The molecule has 31 heavy (non-hydrogen) atoms. The van der Waals surface area contributed by atoms with Crippen molar-refractivity contribution in [3.63, 3.8) is 0 Å². The van der Waals surface area contributed by atoms with Gasteiger partial charge in [0.05, 0.1) is 32.7 Å². The molecule has 2 aromatic rings. The Morgan fingerprint density at radius 1 is 0.710 bits per heavy atom. The summed E-state index contributed by atoms with van der Waals surface area (Å²) in [5.41, 5.74) is 0.846. The van der Waals surface area contributed by atoms with Gasteiger partial charge in [-0.15, -0.1) is 0 Å². The molecule has 2 amide bonds. The van der Waals surface area contributed by atoms with Crippen molar-refractivity contribution >= 4 is 58.2 Å². The zero-order chi connectivity index (χ0) is 22.8. The number of methoxy groups -OCH3 is 3. The number of nitrogens with one attached hydrogen (secondary N) is 4. The fourth-order valence-electron chi connectivity index (χ4n) is 2.17. The Kier molecular flexibility index (Phi) is 8.78. The maximum atomic E-state index is 11.4. The molecule has 12 heteroatoms. The van der Waals surface area contributed by atoms with Crippen molar-refractivity contribution in [2.24, 2.45) is 0 Å². The van der Waals surface area contributed by atoms with Crippen LogP contribution in [0.25, 0.3) is 0 Å². The summed E-state index contributed by atoms with van der Waals surface area (Å²) in [5.74, 6) is 1.73. The molecule has 0 aromatic heterocycles. The number of carbonyl (C=O) groups excluding carboxylic acids is 2. The number of benzene rings is 2. The molecule has 4 N–H and O–H groups in total. The molecule has 2 aromatic carbocycles. The molecule has 0 saturated carbocycles. The van der Waals surface area contributed by atoms with E-state index in [1.165, 1.54) is 14.2 Å². The van der Waals surface area contributed by atoms with E-state index >= 15 is 0 Å². The first-order valence-corrected chi connectivity index (χ1v) is 9.44. The molecule has 2 rings (SSSR count). The van der Waals surface area contributed by atoms with Crippen molar-refractivity contribution in [1.82, 2.24) is 10.6 Å². The van der Waals surface area contributed by atoms with Gasteiger partial charge in [0, 0.05) is 6.07 Å². The Hall–Kier alpha value is -3.64. The van der Waals surface area contributed by atoms with Crippen molar-refractivity contribution in [2.75, 3.05) is 32.0 Å². The third kappa shape index (κ3) is 7.60. The Labute approximate surface area is 189 Å². The highest BCUT2D eigenvalue weighted by Gasteiger charge is 2.12. The average Bonchev–Trinajstić information content (AvgIpc) is 2.75. The highest BCUT2D eigenvalue weighted by Crippen LogP contribution is 2.31. The first-order valence-electron chi connectivity index (χ1n) is 8.62. The van der Waals surface area contributed by atoms with Crippen molar-refractivity contribution in [3.05, 3.63) is 42.5 Å². The number of amides is 2. The van der Waals surface area contributed by atoms with E-state index in [4.69, 9.17) is 33.9 Å². The summed E-state index contributed by atoms with van der Waals surface area (Å²) >= 11 is 10.2. The van der Waals surface area contributed by atoms with Gasteiger partial charge in [-0.1, -0.05) is 0 Å². The second-order valence-electron chi connectivity index (χ2n) is 5.63. The molecule has 0 atom stereocenters. The van der Waals surface area contributed by atoms with Gasteiger partial charge in [0.1, 0.15) is 17.2 Å². The maximum absolute atomic E-state index is 11.4. The van der Waals surface area contributed by atoms with E-state index in [0.717, 1.165) is 0 Å². The molecule has 0 fully saturated rings. The van der Waals surface area contributed by atoms with Gasteiger partial charge < -0.3 is 29.6 Å². The lowest BCUT2D eigenvalue weighted by atomic mass is 10.2. The number of carbonyl (C=O) groups is 2. The van der Waals surface area contributed by atoms with Crippen LogP contribution in [0, 0.1) is 0 Å². The second kappa shape index (κ2) is 11.5. The molecule has 0 unspecified atom stereocenters. The van der Waals surface area contributed by atoms with E-state index < -0.39 is 12.2 Å². The van der Waals surface area contributed by atoms with E-state index in [0.29, 0.717) is 28.6 Å². The molecule has 0 spiro atoms. The molecule has 0 aliphatic carbocycles. The monoisotopic (exact) mass is 464 g/mol. The zero-order valence-electron chi connectivity index (χ0n) is 16.8. The van der Waals surface area contributed by atoms with Crippen molar-refractivity contribution in [2.45, 2.75) is 0 Å². The summed E-state index contributed by atoms with van der Waals surface area (Å²) in [6.07, 6.45) is -1.46. The number of hydrogen-bond acceptors (Lipinski definition) is 8. The zero-order valence-corrected chi connectivity index (χ0v) is 18.4. The third-order valence-corrected chi connectivity index (χ3v) is 3.99.